The molecule has 96 valence electrons. The van der Waals surface area contributed by atoms with E-state index in [1.807, 2.05) is 0 Å². The third kappa shape index (κ3) is 2.51. The van der Waals surface area contributed by atoms with Crippen molar-refractivity contribution in [2.45, 2.75) is 25.7 Å². The lowest BCUT2D eigenvalue weighted by Gasteiger charge is -2.15. The number of carbonyl (C=O) groups is 1. The van der Waals surface area contributed by atoms with E-state index in [2.05, 4.69) is 26.2 Å². The van der Waals surface area contributed by atoms with Crippen molar-refractivity contribution < 1.29 is 4.79 Å². The third-order valence-corrected chi connectivity index (χ3v) is 4.27. The second kappa shape index (κ2) is 4.53. The van der Waals surface area contributed by atoms with Gasteiger partial charge in [-0.15, -0.1) is 0 Å². The van der Waals surface area contributed by atoms with Crippen LogP contribution in [0.4, 0.5) is 11.5 Å². The first-order valence-corrected chi connectivity index (χ1v) is 7.16. The molecule has 3 rings (SSSR count). The number of nitrogens with zero attached hydrogens (tertiary/aromatic N) is 1. The highest BCUT2D eigenvalue weighted by Gasteiger charge is 2.45. The summed E-state index contributed by atoms with van der Waals surface area (Å²) in [5.74, 6) is 2.09. The van der Waals surface area contributed by atoms with Gasteiger partial charge in [0.05, 0.1) is 16.4 Å². The van der Waals surface area contributed by atoms with Gasteiger partial charge in [0.2, 0.25) is 5.91 Å². The number of nitrogens with one attached hydrogen (secondary N) is 1. The molecule has 1 aromatic rings. The summed E-state index contributed by atoms with van der Waals surface area (Å²) < 4.78 is 0.737. The van der Waals surface area contributed by atoms with Crippen molar-refractivity contribution in [1.29, 1.82) is 0 Å². The molecular weight excluding hydrogens is 294 g/mol. The van der Waals surface area contributed by atoms with Crippen molar-refractivity contribution in [1.82, 2.24) is 4.98 Å². The maximum atomic E-state index is 12.3. The van der Waals surface area contributed by atoms with Crippen LogP contribution in [0.15, 0.2) is 16.7 Å². The molecule has 0 bridgehead atoms. The van der Waals surface area contributed by atoms with Gasteiger partial charge in [0.15, 0.2) is 0 Å². The molecule has 0 saturated heterocycles. The minimum Gasteiger partial charge on any atom is -0.397 e. The van der Waals surface area contributed by atoms with Crippen molar-refractivity contribution in [2.24, 2.45) is 17.8 Å². The zero-order valence-corrected chi connectivity index (χ0v) is 11.6. The molecule has 1 heterocycles. The lowest BCUT2D eigenvalue weighted by atomic mass is 9.97. The lowest BCUT2D eigenvalue weighted by Crippen LogP contribution is -2.26. The molecule has 1 amide bonds. The van der Waals surface area contributed by atoms with Gasteiger partial charge < -0.3 is 11.1 Å². The van der Waals surface area contributed by atoms with E-state index in [1.54, 1.807) is 12.3 Å². The van der Waals surface area contributed by atoms with Crippen molar-refractivity contribution >= 4 is 33.3 Å². The fourth-order valence-corrected chi connectivity index (χ4v) is 2.93. The molecule has 0 aromatic carbocycles. The van der Waals surface area contributed by atoms with Crippen molar-refractivity contribution in [3.05, 3.63) is 16.7 Å². The van der Waals surface area contributed by atoms with Crippen LogP contribution in [0.5, 0.6) is 0 Å². The van der Waals surface area contributed by atoms with E-state index in [1.165, 1.54) is 25.7 Å². The van der Waals surface area contributed by atoms with E-state index in [0.29, 0.717) is 23.3 Å². The summed E-state index contributed by atoms with van der Waals surface area (Å²) in [4.78, 5) is 16.5. The number of rotatable bonds is 4. The maximum Gasteiger partial charge on any atom is 0.229 e. The fourth-order valence-electron chi connectivity index (χ4n) is 2.47. The van der Waals surface area contributed by atoms with Crippen LogP contribution in [0.2, 0.25) is 0 Å². The Morgan fingerprint density at radius 3 is 2.50 bits per heavy atom. The molecule has 5 heteroatoms. The van der Waals surface area contributed by atoms with Gasteiger partial charge in [-0.1, -0.05) is 0 Å². The predicted molar refractivity (Wildman–Crippen MR) is 73.9 cm³/mol. The van der Waals surface area contributed by atoms with Gasteiger partial charge in [-0.05, 0) is 59.5 Å². The quantitative estimate of drug-likeness (QED) is 0.898. The molecular formula is C13H16BrN3O. The third-order valence-electron chi connectivity index (χ3n) is 3.67. The zero-order valence-electron chi connectivity index (χ0n) is 10.0. The Hall–Kier alpha value is -1.10. The summed E-state index contributed by atoms with van der Waals surface area (Å²) in [6.07, 6.45) is 6.36. The lowest BCUT2D eigenvalue weighted by molar-refractivity contribution is -0.121. The molecule has 4 nitrogen and oxygen atoms in total. The Morgan fingerprint density at radius 1 is 1.39 bits per heavy atom. The second-order valence-corrected chi connectivity index (χ2v) is 6.14. The Bertz CT molecular complexity index is 471. The Kier molecular flexibility index (Phi) is 3.01. The number of nitrogen functional groups attached to an aromatic ring is 1. The van der Waals surface area contributed by atoms with Gasteiger partial charge in [0.1, 0.15) is 5.82 Å². The highest BCUT2D eigenvalue weighted by molar-refractivity contribution is 9.10. The predicted octanol–water partition coefficient (Wildman–Crippen LogP) is 2.80. The van der Waals surface area contributed by atoms with E-state index < -0.39 is 0 Å². The number of anilines is 2. The molecule has 2 aliphatic rings. The first kappa shape index (κ1) is 12.0. The zero-order chi connectivity index (χ0) is 12.7. The van der Waals surface area contributed by atoms with Gasteiger partial charge in [0, 0.05) is 5.92 Å². The molecule has 0 spiro atoms. The first-order valence-electron chi connectivity index (χ1n) is 6.37. The van der Waals surface area contributed by atoms with Gasteiger partial charge in [-0.25, -0.2) is 4.98 Å². The molecule has 2 aliphatic carbocycles. The van der Waals surface area contributed by atoms with E-state index in [4.69, 9.17) is 5.73 Å². The van der Waals surface area contributed by atoms with Gasteiger partial charge in [-0.3, -0.25) is 4.79 Å². The van der Waals surface area contributed by atoms with Crippen LogP contribution in [0.1, 0.15) is 25.7 Å². The van der Waals surface area contributed by atoms with Crippen LogP contribution < -0.4 is 11.1 Å². The summed E-state index contributed by atoms with van der Waals surface area (Å²) in [5.41, 5.74) is 6.21. The molecule has 1 aromatic heterocycles. The molecule has 0 atom stereocenters. The molecule has 2 saturated carbocycles. The van der Waals surface area contributed by atoms with Gasteiger partial charge in [0.25, 0.3) is 0 Å². The van der Waals surface area contributed by atoms with Crippen molar-refractivity contribution in [3.63, 3.8) is 0 Å². The minimum absolute atomic E-state index is 0.123. The minimum atomic E-state index is 0.123. The molecule has 18 heavy (non-hydrogen) atoms. The van der Waals surface area contributed by atoms with Crippen molar-refractivity contribution in [2.75, 3.05) is 11.1 Å². The van der Waals surface area contributed by atoms with E-state index in [9.17, 15) is 4.79 Å². The Labute approximate surface area is 114 Å². The first-order chi connectivity index (χ1) is 8.65. The summed E-state index contributed by atoms with van der Waals surface area (Å²) >= 11 is 3.37. The SMILES string of the molecule is Nc1cnc(NC(=O)C(C2CC2)C2CC2)c(Br)c1. The normalized spacial score (nSPS) is 19.0. The number of hydrogen-bond donors (Lipinski definition) is 2. The van der Waals surface area contributed by atoms with E-state index in [0.717, 1.165) is 4.47 Å². The average molecular weight is 310 g/mol. The number of amides is 1. The largest absolute Gasteiger partial charge is 0.397 e. The Morgan fingerprint density at radius 2 is 2.00 bits per heavy atom. The number of pyridine rings is 1. The summed E-state index contributed by atoms with van der Waals surface area (Å²) in [7, 11) is 0. The number of carbonyl (C=O) groups excluding carboxylic acids is 1. The average Bonchev–Trinajstić information content (AvgIpc) is 3.16. The molecule has 3 N–H and O–H groups in total. The second-order valence-electron chi connectivity index (χ2n) is 5.29. The van der Waals surface area contributed by atoms with Crippen LogP contribution in [0.3, 0.4) is 0 Å². The molecule has 0 radical (unpaired) electrons. The highest BCUT2D eigenvalue weighted by atomic mass is 79.9. The number of aromatic nitrogens is 1. The standard InChI is InChI=1S/C13H16BrN3O/c14-10-5-9(15)6-16-12(10)17-13(18)11(7-1-2-7)8-3-4-8/h5-8,11H,1-4,15H2,(H,16,17,18). The number of halogens is 1. The molecule has 2 fully saturated rings. The van der Waals surface area contributed by atoms with Gasteiger partial charge in [-0.2, -0.15) is 0 Å². The number of nitrogens with two attached hydrogens (primary N) is 1. The maximum absolute atomic E-state index is 12.3. The topological polar surface area (TPSA) is 68.0 Å². The molecule has 0 unspecified atom stereocenters. The molecule has 0 aliphatic heterocycles. The number of hydrogen-bond acceptors (Lipinski definition) is 3. The van der Waals surface area contributed by atoms with Crippen LogP contribution in [-0.4, -0.2) is 10.9 Å². The monoisotopic (exact) mass is 309 g/mol. The van der Waals surface area contributed by atoms with Crippen LogP contribution in [-0.2, 0) is 4.79 Å². The Balaban J connectivity index is 1.72. The van der Waals surface area contributed by atoms with Crippen LogP contribution in [0, 0.1) is 17.8 Å². The van der Waals surface area contributed by atoms with Crippen LogP contribution in [0.25, 0.3) is 0 Å². The highest BCUT2D eigenvalue weighted by Crippen LogP contribution is 2.49. The smallest absolute Gasteiger partial charge is 0.229 e. The fraction of sp³-hybridized carbons (Fsp3) is 0.538. The van der Waals surface area contributed by atoms with Gasteiger partial charge >= 0.3 is 0 Å². The summed E-state index contributed by atoms with van der Waals surface area (Å²) in [6, 6.07) is 1.76. The van der Waals surface area contributed by atoms with E-state index >= 15 is 0 Å². The van der Waals surface area contributed by atoms with E-state index in [-0.39, 0.29) is 11.8 Å². The van der Waals surface area contributed by atoms with Crippen molar-refractivity contribution in [3.8, 4) is 0 Å². The summed E-state index contributed by atoms with van der Waals surface area (Å²) in [6.45, 7) is 0. The summed E-state index contributed by atoms with van der Waals surface area (Å²) in [5, 5.41) is 2.93. The van der Waals surface area contributed by atoms with Crippen LogP contribution >= 0.6 is 15.9 Å².